The number of nitrogens with one attached hydrogen (secondary N) is 2. The first-order chi connectivity index (χ1) is 29.0. The molecule has 3 saturated heterocycles. The van der Waals surface area contributed by atoms with Gasteiger partial charge in [-0.05, 0) is 62.4 Å². The van der Waals surface area contributed by atoms with E-state index in [4.69, 9.17) is 57.8 Å². The van der Waals surface area contributed by atoms with Gasteiger partial charge in [-0.25, -0.2) is 4.79 Å². The lowest BCUT2D eigenvalue weighted by Crippen LogP contribution is -2.51. The molecule has 19 nitrogen and oxygen atoms in total. The molecule has 3 fully saturated rings. The van der Waals surface area contributed by atoms with Crippen LogP contribution in [0.2, 0.25) is 10.6 Å². The van der Waals surface area contributed by atoms with Crippen molar-refractivity contribution >= 4 is 70.9 Å². The summed E-state index contributed by atoms with van der Waals surface area (Å²) < 4.78 is 5.62. The van der Waals surface area contributed by atoms with Crippen molar-refractivity contribution in [3.05, 3.63) is 46.5 Å². The van der Waals surface area contributed by atoms with Crippen LogP contribution in [-0.4, -0.2) is 153 Å². The van der Waals surface area contributed by atoms with Gasteiger partial charge in [0, 0.05) is 91.6 Å². The molecule has 4 aromatic rings. The van der Waals surface area contributed by atoms with Crippen LogP contribution in [0.25, 0.3) is 0 Å². The molecule has 0 aliphatic carbocycles. The minimum absolute atomic E-state index is 0.0616. The standard InChI is InChI=1S/C39H55Cl2N17O2/c1-5-6-10-14-42-31-47-34(51-35(48-31)57-24-26-58(27-25-57)38(59)60-39(2,3)4)55-20-22-56(23-21-55)37-50-32(43-15-13-28-11-8-7-9-12-28)49-36(52-37)54-18-16-53(17-19-54)33-45-29(40)44-30(41)46-33/h7-9,11-12H,5-6,10,13-27H2,1-4H3,(H,42,47,48,51)(H,43,49,50,52). The molecule has 3 aliphatic heterocycles. The van der Waals surface area contributed by atoms with Crippen LogP contribution >= 0.6 is 23.2 Å². The molecule has 0 saturated carbocycles. The molecule has 0 spiro atoms. The Morgan fingerprint density at radius 1 is 0.583 bits per heavy atom. The molecule has 0 radical (unpaired) electrons. The molecule has 60 heavy (non-hydrogen) atoms. The Balaban J connectivity index is 1.04. The van der Waals surface area contributed by atoms with E-state index in [-0.39, 0.29) is 16.7 Å². The Labute approximate surface area is 361 Å². The van der Waals surface area contributed by atoms with E-state index in [2.05, 4.69) is 64.2 Å². The van der Waals surface area contributed by atoms with E-state index in [0.717, 1.165) is 32.2 Å². The van der Waals surface area contributed by atoms with Gasteiger partial charge in [-0.3, -0.25) is 0 Å². The quantitative estimate of drug-likeness (QED) is 0.169. The van der Waals surface area contributed by atoms with Crippen molar-refractivity contribution < 1.29 is 9.53 Å². The number of hydrogen-bond donors (Lipinski definition) is 2. The molecular formula is C39H55Cl2N17O2. The van der Waals surface area contributed by atoms with E-state index >= 15 is 0 Å². The third-order valence-corrected chi connectivity index (χ3v) is 10.6. The van der Waals surface area contributed by atoms with Crippen LogP contribution in [-0.2, 0) is 11.2 Å². The Hall–Kier alpha value is -5.30. The van der Waals surface area contributed by atoms with Crippen LogP contribution in [0, 0.1) is 0 Å². The van der Waals surface area contributed by atoms with Crippen molar-refractivity contribution in [2.75, 3.05) is 127 Å². The Bertz CT molecular complexity index is 2000. The zero-order chi connectivity index (χ0) is 42.1. The first-order valence-corrected chi connectivity index (χ1v) is 21.6. The average molecular weight is 865 g/mol. The summed E-state index contributed by atoms with van der Waals surface area (Å²) in [5.41, 5.74) is 0.681. The van der Waals surface area contributed by atoms with Crippen molar-refractivity contribution in [3.8, 4) is 0 Å². The zero-order valence-corrected chi connectivity index (χ0v) is 36.4. The number of piperazine rings is 3. The summed E-state index contributed by atoms with van der Waals surface area (Å²) >= 11 is 12.1. The monoisotopic (exact) mass is 863 g/mol. The molecule has 322 valence electrons. The lowest BCUT2D eigenvalue weighted by molar-refractivity contribution is 0.0240. The number of halogens is 2. The lowest BCUT2D eigenvalue weighted by Gasteiger charge is -2.37. The number of unbranched alkanes of at least 4 members (excludes halogenated alkanes) is 2. The van der Waals surface area contributed by atoms with Gasteiger partial charge < -0.3 is 44.8 Å². The molecule has 6 heterocycles. The fourth-order valence-corrected chi connectivity index (χ4v) is 7.41. The normalized spacial score (nSPS) is 16.3. The second-order valence-electron chi connectivity index (χ2n) is 15.9. The molecule has 0 bridgehead atoms. The third kappa shape index (κ3) is 11.7. The van der Waals surface area contributed by atoms with Gasteiger partial charge in [0.15, 0.2) is 0 Å². The molecule has 3 aliphatic rings. The van der Waals surface area contributed by atoms with Crippen molar-refractivity contribution in [3.63, 3.8) is 0 Å². The Kier molecular flexibility index (Phi) is 14.2. The minimum atomic E-state index is -0.549. The highest BCUT2D eigenvalue weighted by Gasteiger charge is 2.30. The number of amides is 1. The smallest absolute Gasteiger partial charge is 0.410 e. The molecule has 2 N–H and O–H groups in total. The van der Waals surface area contributed by atoms with Gasteiger partial charge in [0.25, 0.3) is 0 Å². The van der Waals surface area contributed by atoms with Gasteiger partial charge >= 0.3 is 6.09 Å². The van der Waals surface area contributed by atoms with Crippen LogP contribution < -0.4 is 35.1 Å². The molecule has 0 atom stereocenters. The number of carbonyl (C=O) groups excluding carboxylic acids is 1. The third-order valence-electron chi connectivity index (χ3n) is 10.3. The number of ether oxygens (including phenoxy) is 1. The van der Waals surface area contributed by atoms with E-state index in [1.807, 2.05) is 43.9 Å². The summed E-state index contributed by atoms with van der Waals surface area (Å²) in [6.07, 6.45) is 3.80. The topological polar surface area (TPSA) is 186 Å². The molecule has 0 unspecified atom stereocenters. The number of hydrogen-bond acceptors (Lipinski definition) is 18. The van der Waals surface area contributed by atoms with E-state index in [1.54, 1.807) is 4.90 Å². The fraction of sp³-hybridized carbons (Fsp3) is 0.590. The van der Waals surface area contributed by atoms with Crippen LogP contribution in [0.5, 0.6) is 0 Å². The largest absolute Gasteiger partial charge is 0.444 e. The van der Waals surface area contributed by atoms with Crippen LogP contribution in [0.4, 0.5) is 46.4 Å². The molecule has 7 rings (SSSR count). The second kappa shape index (κ2) is 19.8. The number of aromatic nitrogens is 9. The number of anilines is 7. The van der Waals surface area contributed by atoms with Crippen LogP contribution in [0.15, 0.2) is 30.3 Å². The van der Waals surface area contributed by atoms with Gasteiger partial charge in [0.05, 0.1) is 0 Å². The average Bonchev–Trinajstić information content (AvgIpc) is 3.24. The number of rotatable bonds is 14. The highest BCUT2D eigenvalue weighted by Crippen LogP contribution is 2.25. The predicted octanol–water partition coefficient (Wildman–Crippen LogP) is 4.52. The number of benzene rings is 1. The lowest BCUT2D eigenvalue weighted by atomic mass is 10.1. The second-order valence-corrected chi connectivity index (χ2v) is 16.6. The van der Waals surface area contributed by atoms with Gasteiger partial charge in [-0.2, -0.15) is 44.9 Å². The number of carbonyl (C=O) groups is 1. The van der Waals surface area contributed by atoms with Gasteiger partial charge in [0.1, 0.15) is 5.60 Å². The SMILES string of the molecule is CCCCCNc1nc(N2CCN(C(=O)OC(C)(C)C)CC2)nc(N2CCN(c3nc(NCCc4ccccc4)nc(N4CCN(c5nc(Cl)nc(Cl)n5)CC4)n3)CC2)n1. The van der Waals surface area contributed by atoms with E-state index in [9.17, 15) is 4.79 Å². The van der Waals surface area contributed by atoms with Crippen LogP contribution in [0.1, 0.15) is 52.5 Å². The maximum Gasteiger partial charge on any atom is 0.410 e. The van der Waals surface area contributed by atoms with E-state index in [1.165, 1.54) is 5.56 Å². The van der Waals surface area contributed by atoms with Gasteiger partial charge in [-0.15, -0.1) is 0 Å². The first-order valence-electron chi connectivity index (χ1n) is 20.8. The number of nitrogens with zero attached hydrogens (tertiary/aromatic N) is 15. The predicted molar refractivity (Wildman–Crippen MR) is 235 cm³/mol. The molecule has 1 aromatic carbocycles. The molecular weight excluding hydrogens is 809 g/mol. The van der Waals surface area contributed by atoms with Crippen molar-refractivity contribution in [1.29, 1.82) is 0 Å². The highest BCUT2D eigenvalue weighted by atomic mass is 35.5. The highest BCUT2D eigenvalue weighted by molar-refractivity contribution is 6.31. The summed E-state index contributed by atoms with van der Waals surface area (Å²) in [6, 6.07) is 10.3. The Morgan fingerprint density at radius 2 is 1.00 bits per heavy atom. The van der Waals surface area contributed by atoms with Crippen molar-refractivity contribution in [1.82, 2.24) is 49.8 Å². The summed E-state index contributed by atoms with van der Waals surface area (Å²) in [7, 11) is 0. The van der Waals surface area contributed by atoms with E-state index in [0.29, 0.717) is 127 Å². The summed E-state index contributed by atoms with van der Waals surface area (Å²) in [6.45, 7) is 16.6. The van der Waals surface area contributed by atoms with Gasteiger partial charge in [-0.1, -0.05) is 50.1 Å². The summed E-state index contributed by atoms with van der Waals surface area (Å²) in [5.74, 6) is 3.95. The zero-order valence-electron chi connectivity index (χ0n) is 34.9. The molecule has 21 heteroatoms. The van der Waals surface area contributed by atoms with Crippen molar-refractivity contribution in [2.24, 2.45) is 0 Å². The Morgan fingerprint density at radius 3 is 1.43 bits per heavy atom. The van der Waals surface area contributed by atoms with E-state index < -0.39 is 5.60 Å². The summed E-state index contributed by atoms with van der Waals surface area (Å²) in [5, 5.41) is 7.02. The minimum Gasteiger partial charge on any atom is -0.444 e. The fourth-order valence-electron chi connectivity index (χ4n) is 7.06. The maximum atomic E-state index is 12.8. The molecule has 1 amide bonds. The van der Waals surface area contributed by atoms with Crippen molar-refractivity contribution in [2.45, 2.75) is 59.0 Å². The molecule has 3 aromatic heterocycles. The first kappa shape index (κ1) is 42.8. The van der Waals surface area contributed by atoms with Crippen LogP contribution in [0.3, 0.4) is 0 Å². The maximum absolute atomic E-state index is 12.8. The van der Waals surface area contributed by atoms with Gasteiger partial charge in [0.2, 0.25) is 52.2 Å². The summed E-state index contributed by atoms with van der Waals surface area (Å²) in [4.78, 5) is 67.2.